The van der Waals surface area contributed by atoms with Gasteiger partial charge in [0.05, 0.1) is 6.61 Å². The summed E-state index contributed by atoms with van der Waals surface area (Å²) in [6, 6.07) is 7.08. The number of hydrogen-bond acceptors (Lipinski definition) is 6. The van der Waals surface area contributed by atoms with Crippen LogP contribution in [-0.4, -0.2) is 39.5 Å². The van der Waals surface area contributed by atoms with Crippen LogP contribution in [0, 0.1) is 5.41 Å². The zero-order valence-electron chi connectivity index (χ0n) is 15.2. The van der Waals surface area contributed by atoms with Crippen LogP contribution in [0.3, 0.4) is 0 Å². The van der Waals surface area contributed by atoms with Crippen molar-refractivity contribution in [3.63, 3.8) is 0 Å². The van der Waals surface area contributed by atoms with Gasteiger partial charge in [0, 0.05) is 51.8 Å². The van der Waals surface area contributed by atoms with Crippen molar-refractivity contribution >= 4 is 28.2 Å². The SMILES string of the molecule is CC1(C)COCC[C@H]1Nc1nnc(-c2ccc(Cl)cc2O)c2ccncc12. The Hall–Kier alpha value is -2.44. The molecule has 3 heterocycles. The highest BCUT2D eigenvalue weighted by atomic mass is 35.5. The second kappa shape index (κ2) is 6.94. The first kappa shape index (κ1) is 17.9. The highest BCUT2D eigenvalue weighted by Gasteiger charge is 2.33. The summed E-state index contributed by atoms with van der Waals surface area (Å²) in [4.78, 5) is 4.26. The fraction of sp³-hybridized carbons (Fsp3) is 0.350. The predicted octanol–water partition coefficient (Wildman–Crippen LogP) is 4.28. The Balaban J connectivity index is 1.79. The second-order valence-electron chi connectivity index (χ2n) is 7.51. The van der Waals surface area contributed by atoms with Gasteiger partial charge in [-0.3, -0.25) is 4.98 Å². The van der Waals surface area contributed by atoms with Gasteiger partial charge in [0.2, 0.25) is 0 Å². The zero-order chi connectivity index (χ0) is 19.0. The van der Waals surface area contributed by atoms with E-state index in [0.29, 0.717) is 28.7 Å². The minimum Gasteiger partial charge on any atom is -0.507 e. The molecule has 1 aliphatic heterocycles. The third-order valence-electron chi connectivity index (χ3n) is 5.08. The lowest BCUT2D eigenvalue weighted by atomic mass is 9.82. The third kappa shape index (κ3) is 3.42. The summed E-state index contributed by atoms with van der Waals surface area (Å²) in [6.45, 7) is 5.78. The van der Waals surface area contributed by atoms with E-state index in [4.69, 9.17) is 16.3 Å². The molecule has 0 unspecified atom stereocenters. The largest absolute Gasteiger partial charge is 0.507 e. The zero-order valence-corrected chi connectivity index (χ0v) is 16.0. The fourth-order valence-corrected chi connectivity index (χ4v) is 3.63. The van der Waals surface area contributed by atoms with Gasteiger partial charge >= 0.3 is 0 Å². The molecule has 1 aliphatic rings. The molecule has 0 amide bonds. The van der Waals surface area contributed by atoms with Gasteiger partial charge in [-0.1, -0.05) is 25.4 Å². The molecular weight excluding hydrogens is 364 g/mol. The highest BCUT2D eigenvalue weighted by molar-refractivity contribution is 6.30. The number of nitrogens with one attached hydrogen (secondary N) is 1. The van der Waals surface area contributed by atoms with Crippen molar-refractivity contribution in [3.05, 3.63) is 41.7 Å². The van der Waals surface area contributed by atoms with Gasteiger partial charge < -0.3 is 15.2 Å². The van der Waals surface area contributed by atoms with Crippen molar-refractivity contribution in [1.82, 2.24) is 15.2 Å². The van der Waals surface area contributed by atoms with E-state index in [0.717, 1.165) is 23.8 Å². The fourth-order valence-electron chi connectivity index (χ4n) is 3.47. The van der Waals surface area contributed by atoms with Crippen LogP contribution in [0.25, 0.3) is 22.0 Å². The Morgan fingerprint density at radius 1 is 1.22 bits per heavy atom. The number of phenolic OH excluding ortho intramolecular Hbond substituents is 1. The molecule has 1 atom stereocenters. The Bertz CT molecular complexity index is 993. The maximum atomic E-state index is 10.3. The molecular formula is C20H21ClN4O2. The van der Waals surface area contributed by atoms with Crippen LogP contribution < -0.4 is 5.32 Å². The average molecular weight is 385 g/mol. The van der Waals surface area contributed by atoms with E-state index in [1.54, 1.807) is 24.5 Å². The first-order valence-electron chi connectivity index (χ1n) is 8.89. The minimum absolute atomic E-state index is 0.0123. The Labute approximate surface area is 162 Å². The summed E-state index contributed by atoms with van der Waals surface area (Å²) >= 11 is 5.96. The lowest BCUT2D eigenvalue weighted by molar-refractivity contribution is 0.00340. The quantitative estimate of drug-likeness (QED) is 0.701. The molecule has 2 N–H and O–H groups in total. The lowest BCUT2D eigenvalue weighted by Gasteiger charge is -2.39. The number of ether oxygens (including phenoxy) is 1. The van der Waals surface area contributed by atoms with Crippen LogP contribution in [0.4, 0.5) is 5.82 Å². The summed E-state index contributed by atoms with van der Waals surface area (Å²) in [6.07, 6.45) is 4.38. The van der Waals surface area contributed by atoms with Crippen molar-refractivity contribution in [1.29, 1.82) is 0 Å². The molecule has 0 saturated carbocycles. The number of aromatic hydroxyl groups is 1. The number of fused-ring (bicyclic) bond motifs is 1. The number of nitrogens with zero attached hydrogens (tertiary/aromatic N) is 3. The van der Waals surface area contributed by atoms with Gasteiger partial charge in [0.25, 0.3) is 0 Å². The van der Waals surface area contributed by atoms with Crippen molar-refractivity contribution in [3.8, 4) is 17.0 Å². The number of rotatable bonds is 3. The van der Waals surface area contributed by atoms with E-state index in [2.05, 4.69) is 34.3 Å². The number of anilines is 1. The summed E-state index contributed by atoms with van der Waals surface area (Å²) in [5, 5.41) is 24.9. The number of halogens is 1. The molecule has 7 heteroatoms. The molecule has 0 spiro atoms. The second-order valence-corrected chi connectivity index (χ2v) is 7.94. The molecule has 3 aromatic rings. The molecule has 6 nitrogen and oxygen atoms in total. The molecule has 1 aromatic carbocycles. The van der Waals surface area contributed by atoms with Crippen molar-refractivity contribution in [2.24, 2.45) is 5.41 Å². The van der Waals surface area contributed by atoms with Crippen molar-refractivity contribution < 1.29 is 9.84 Å². The lowest BCUT2D eigenvalue weighted by Crippen LogP contribution is -2.44. The molecule has 1 fully saturated rings. The topological polar surface area (TPSA) is 80.2 Å². The third-order valence-corrected chi connectivity index (χ3v) is 5.31. The predicted molar refractivity (Wildman–Crippen MR) is 106 cm³/mol. The maximum absolute atomic E-state index is 10.3. The van der Waals surface area contributed by atoms with Crippen LogP contribution in [0.5, 0.6) is 5.75 Å². The smallest absolute Gasteiger partial charge is 0.158 e. The van der Waals surface area contributed by atoms with Gasteiger partial charge in [0.1, 0.15) is 11.4 Å². The summed E-state index contributed by atoms with van der Waals surface area (Å²) in [7, 11) is 0. The highest BCUT2D eigenvalue weighted by Crippen LogP contribution is 2.37. The van der Waals surface area contributed by atoms with Crippen LogP contribution in [0.1, 0.15) is 20.3 Å². The molecule has 0 aliphatic carbocycles. The first-order chi connectivity index (χ1) is 13.0. The number of aromatic nitrogens is 3. The Morgan fingerprint density at radius 3 is 2.85 bits per heavy atom. The van der Waals surface area contributed by atoms with Crippen LogP contribution in [0.15, 0.2) is 36.7 Å². The van der Waals surface area contributed by atoms with E-state index in [-0.39, 0.29) is 17.2 Å². The van der Waals surface area contributed by atoms with Crippen LogP contribution >= 0.6 is 11.6 Å². The average Bonchev–Trinajstić information content (AvgIpc) is 2.64. The number of phenols is 1. The van der Waals surface area contributed by atoms with E-state index >= 15 is 0 Å². The number of pyridine rings is 1. The molecule has 27 heavy (non-hydrogen) atoms. The van der Waals surface area contributed by atoms with Gasteiger partial charge in [-0.15, -0.1) is 10.2 Å². The number of benzene rings is 1. The molecule has 1 saturated heterocycles. The Kier molecular flexibility index (Phi) is 4.61. The van der Waals surface area contributed by atoms with E-state index in [9.17, 15) is 5.11 Å². The summed E-state index contributed by atoms with van der Waals surface area (Å²) in [5.74, 6) is 0.761. The number of hydrogen-bond donors (Lipinski definition) is 2. The van der Waals surface area contributed by atoms with Gasteiger partial charge in [-0.2, -0.15) is 0 Å². The summed E-state index contributed by atoms with van der Waals surface area (Å²) < 4.78 is 5.61. The molecule has 4 rings (SSSR count). The van der Waals surface area contributed by atoms with Gasteiger partial charge in [-0.25, -0.2) is 0 Å². The van der Waals surface area contributed by atoms with Crippen molar-refractivity contribution in [2.45, 2.75) is 26.3 Å². The standard InChI is InChI=1S/C20H21ClN4O2/c1-20(2)11-27-8-6-17(20)23-19-15-10-22-7-5-13(15)18(24-25-19)14-4-3-12(21)9-16(14)26/h3-5,7,9-10,17,26H,6,8,11H2,1-2H3,(H,23,25)/t17-/m1/s1. The Morgan fingerprint density at radius 2 is 2.07 bits per heavy atom. The van der Waals surface area contributed by atoms with Gasteiger partial charge in [0.15, 0.2) is 5.82 Å². The molecule has 2 aromatic heterocycles. The maximum Gasteiger partial charge on any atom is 0.158 e. The molecule has 0 bridgehead atoms. The van der Waals surface area contributed by atoms with Crippen LogP contribution in [0.2, 0.25) is 5.02 Å². The van der Waals surface area contributed by atoms with E-state index < -0.39 is 0 Å². The molecule has 140 valence electrons. The minimum atomic E-state index is -0.0123. The van der Waals surface area contributed by atoms with Gasteiger partial charge in [-0.05, 0) is 30.7 Å². The van der Waals surface area contributed by atoms with E-state index in [1.807, 2.05) is 6.07 Å². The normalized spacial score (nSPS) is 19.1. The first-order valence-corrected chi connectivity index (χ1v) is 9.27. The summed E-state index contributed by atoms with van der Waals surface area (Å²) in [5.41, 5.74) is 1.17. The van der Waals surface area contributed by atoms with Crippen LogP contribution in [-0.2, 0) is 4.74 Å². The monoisotopic (exact) mass is 384 g/mol. The molecule has 0 radical (unpaired) electrons. The van der Waals surface area contributed by atoms with Crippen molar-refractivity contribution in [2.75, 3.05) is 18.5 Å². The van der Waals surface area contributed by atoms with E-state index in [1.165, 1.54) is 6.07 Å².